The van der Waals surface area contributed by atoms with Crippen molar-refractivity contribution in [2.24, 2.45) is 5.41 Å². The zero-order valence-electron chi connectivity index (χ0n) is 20.1. The standard InChI is InChI=1S/C21H26N2S.C7H14/c1-6-11-21(7-2)24-23-18(4)15-22(16-19(23)5)17(3)14-20-12-9-8-10-13-20;1-5-6-7(2,3)4/h1,7-13,18-19H,2-3,14-16H2,4-5H3;5H,1,6H2,2-4H3/b21-11+;. The van der Waals surface area contributed by atoms with Gasteiger partial charge >= 0.3 is 0 Å². The number of allylic oxidation sites excluding steroid dienone is 4. The molecule has 0 aliphatic carbocycles. The fourth-order valence-electron chi connectivity index (χ4n) is 3.45. The monoisotopic (exact) mass is 436 g/mol. The van der Waals surface area contributed by atoms with Gasteiger partial charge in [-0.1, -0.05) is 82.3 Å². The Morgan fingerprint density at radius 1 is 1.16 bits per heavy atom. The summed E-state index contributed by atoms with van der Waals surface area (Å²) in [4.78, 5) is 3.44. The molecule has 168 valence electrons. The molecule has 1 aliphatic heterocycles. The third kappa shape index (κ3) is 10.1. The maximum atomic E-state index is 5.39. The van der Waals surface area contributed by atoms with Crippen LogP contribution in [0.15, 0.2) is 78.9 Å². The summed E-state index contributed by atoms with van der Waals surface area (Å²) < 4.78 is 2.41. The van der Waals surface area contributed by atoms with E-state index in [1.54, 1.807) is 18.0 Å². The number of hydrogen-bond acceptors (Lipinski definition) is 3. The van der Waals surface area contributed by atoms with E-state index in [-0.39, 0.29) is 0 Å². The quantitative estimate of drug-likeness (QED) is 0.195. The fraction of sp³-hybridized carbons (Fsp3) is 0.429. The zero-order chi connectivity index (χ0) is 23.4. The van der Waals surface area contributed by atoms with Crippen molar-refractivity contribution < 1.29 is 0 Å². The van der Waals surface area contributed by atoms with E-state index in [4.69, 9.17) is 6.42 Å². The molecule has 1 aliphatic rings. The smallest absolute Gasteiger partial charge is 0.0356 e. The first-order chi connectivity index (χ1) is 14.6. The van der Waals surface area contributed by atoms with Gasteiger partial charge in [0, 0.05) is 48.3 Å². The normalized spacial score (nSPS) is 19.6. The summed E-state index contributed by atoms with van der Waals surface area (Å²) in [5.74, 6) is 2.59. The van der Waals surface area contributed by atoms with Gasteiger partial charge in [0.15, 0.2) is 0 Å². The lowest BCUT2D eigenvalue weighted by molar-refractivity contribution is 0.137. The van der Waals surface area contributed by atoms with Gasteiger partial charge in [-0.3, -0.25) is 0 Å². The number of piperazine rings is 1. The molecule has 0 aromatic heterocycles. The van der Waals surface area contributed by atoms with Gasteiger partial charge in [-0.05, 0) is 43.2 Å². The van der Waals surface area contributed by atoms with E-state index in [0.717, 1.165) is 30.8 Å². The highest BCUT2D eigenvalue weighted by molar-refractivity contribution is 8.01. The van der Waals surface area contributed by atoms with Crippen molar-refractivity contribution in [1.29, 1.82) is 0 Å². The second kappa shape index (κ2) is 13.3. The van der Waals surface area contributed by atoms with Crippen molar-refractivity contribution >= 4 is 11.9 Å². The van der Waals surface area contributed by atoms with Gasteiger partial charge in [0.05, 0.1) is 0 Å². The van der Waals surface area contributed by atoms with Gasteiger partial charge in [-0.25, -0.2) is 4.31 Å². The molecule has 0 bridgehead atoms. The fourth-order valence-corrected chi connectivity index (χ4v) is 4.38. The van der Waals surface area contributed by atoms with Crippen LogP contribution in [-0.4, -0.2) is 34.4 Å². The summed E-state index contributed by atoms with van der Waals surface area (Å²) in [7, 11) is 0. The third-order valence-corrected chi connectivity index (χ3v) is 6.36. The van der Waals surface area contributed by atoms with Crippen LogP contribution in [0.2, 0.25) is 0 Å². The van der Waals surface area contributed by atoms with E-state index < -0.39 is 0 Å². The average Bonchev–Trinajstić information content (AvgIpc) is 2.70. The van der Waals surface area contributed by atoms with Gasteiger partial charge in [0.25, 0.3) is 0 Å². The van der Waals surface area contributed by atoms with E-state index >= 15 is 0 Å². The summed E-state index contributed by atoms with van der Waals surface area (Å²) in [6.07, 6.45) is 13.0. The molecule has 0 spiro atoms. The summed E-state index contributed by atoms with van der Waals surface area (Å²) in [5.41, 5.74) is 2.93. The molecule has 1 aromatic rings. The third-order valence-electron chi connectivity index (χ3n) is 4.93. The van der Waals surface area contributed by atoms with Crippen LogP contribution >= 0.6 is 11.9 Å². The summed E-state index contributed by atoms with van der Waals surface area (Å²) in [5, 5.41) is 0. The van der Waals surface area contributed by atoms with Gasteiger partial charge in [0.1, 0.15) is 0 Å². The topological polar surface area (TPSA) is 6.48 Å². The van der Waals surface area contributed by atoms with E-state index in [1.807, 2.05) is 18.2 Å². The molecule has 0 N–H and O–H groups in total. The van der Waals surface area contributed by atoms with Gasteiger partial charge in [0.2, 0.25) is 0 Å². The molecule has 1 heterocycles. The zero-order valence-corrected chi connectivity index (χ0v) is 20.9. The molecule has 2 rings (SSSR count). The van der Waals surface area contributed by atoms with Crippen molar-refractivity contribution in [2.45, 2.75) is 59.5 Å². The molecular formula is C28H40N2S. The van der Waals surface area contributed by atoms with E-state index in [2.05, 4.69) is 93.7 Å². The Kier molecular flexibility index (Phi) is 11.5. The maximum absolute atomic E-state index is 5.39. The molecule has 2 unspecified atom stereocenters. The molecule has 1 fully saturated rings. The number of terminal acetylenes is 1. The van der Waals surface area contributed by atoms with Crippen LogP contribution in [0.3, 0.4) is 0 Å². The second-order valence-corrected chi connectivity index (χ2v) is 10.3. The number of rotatable bonds is 7. The second-order valence-electron chi connectivity index (χ2n) is 9.25. The highest BCUT2D eigenvalue weighted by atomic mass is 32.2. The van der Waals surface area contributed by atoms with Gasteiger partial charge in [-0.2, -0.15) is 0 Å². The van der Waals surface area contributed by atoms with Crippen LogP contribution in [0.25, 0.3) is 0 Å². The van der Waals surface area contributed by atoms with Crippen LogP contribution in [-0.2, 0) is 6.42 Å². The first-order valence-electron chi connectivity index (χ1n) is 10.9. The Morgan fingerprint density at radius 2 is 1.74 bits per heavy atom. The molecule has 2 nitrogen and oxygen atoms in total. The van der Waals surface area contributed by atoms with Crippen molar-refractivity contribution in [1.82, 2.24) is 9.21 Å². The average molecular weight is 437 g/mol. The minimum atomic E-state index is 0.410. The summed E-state index contributed by atoms with van der Waals surface area (Å²) >= 11 is 1.70. The van der Waals surface area contributed by atoms with Crippen LogP contribution in [0.1, 0.15) is 46.6 Å². The maximum Gasteiger partial charge on any atom is 0.0356 e. The number of nitrogens with zero attached hydrogens (tertiary/aromatic N) is 2. The van der Waals surface area contributed by atoms with E-state index in [0.29, 0.717) is 17.5 Å². The SMILES string of the molecule is C#C/C=C(\C=C)SN1C(C)CN(C(=C)Cc2ccccc2)CC1C.C=CCC(C)(C)C. The van der Waals surface area contributed by atoms with Crippen LogP contribution < -0.4 is 0 Å². The molecule has 31 heavy (non-hydrogen) atoms. The molecule has 1 saturated heterocycles. The first-order valence-corrected chi connectivity index (χ1v) is 11.7. The predicted octanol–water partition coefficient (Wildman–Crippen LogP) is 7.10. The molecule has 1 aromatic carbocycles. The Hall–Kier alpha value is -2.15. The largest absolute Gasteiger partial charge is 0.372 e. The summed E-state index contributed by atoms with van der Waals surface area (Å²) in [6.45, 7) is 24.9. The van der Waals surface area contributed by atoms with Crippen LogP contribution in [0.5, 0.6) is 0 Å². The van der Waals surface area contributed by atoms with E-state index in [1.165, 1.54) is 11.3 Å². The first kappa shape index (κ1) is 26.9. The number of benzene rings is 1. The lowest BCUT2D eigenvalue weighted by atomic mass is 9.93. The lowest BCUT2D eigenvalue weighted by Gasteiger charge is -2.45. The Labute approximate surface area is 195 Å². The Morgan fingerprint density at radius 3 is 2.16 bits per heavy atom. The van der Waals surface area contributed by atoms with E-state index in [9.17, 15) is 0 Å². The highest BCUT2D eigenvalue weighted by Crippen LogP contribution is 2.31. The highest BCUT2D eigenvalue weighted by Gasteiger charge is 2.30. The molecule has 0 radical (unpaired) electrons. The number of hydrogen-bond donors (Lipinski definition) is 0. The molecule has 2 atom stereocenters. The van der Waals surface area contributed by atoms with Crippen molar-refractivity contribution in [3.05, 3.63) is 84.5 Å². The van der Waals surface area contributed by atoms with Gasteiger partial charge in [-0.15, -0.1) is 13.0 Å². The van der Waals surface area contributed by atoms with Crippen LogP contribution in [0.4, 0.5) is 0 Å². The molecule has 0 amide bonds. The molecular weight excluding hydrogens is 396 g/mol. The van der Waals surface area contributed by atoms with Crippen molar-refractivity contribution in [3.8, 4) is 12.3 Å². The minimum absolute atomic E-state index is 0.410. The van der Waals surface area contributed by atoms with Crippen LogP contribution in [0, 0.1) is 17.8 Å². The summed E-state index contributed by atoms with van der Waals surface area (Å²) in [6, 6.07) is 11.3. The minimum Gasteiger partial charge on any atom is -0.372 e. The lowest BCUT2D eigenvalue weighted by Crippen LogP contribution is -2.53. The molecule has 3 heteroatoms. The predicted molar refractivity (Wildman–Crippen MR) is 141 cm³/mol. The molecule has 0 saturated carbocycles. The Bertz CT molecular complexity index is 767. The van der Waals surface area contributed by atoms with Gasteiger partial charge < -0.3 is 4.90 Å². The Balaban J connectivity index is 0.000000592. The van der Waals surface area contributed by atoms with Crippen molar-refractivity contribution in [3.63, 3.8) is 0 Å². The van der Waals surface area contributed by atoms with Crippen molar-refractivity contribution in [2.75, 3.05) is 13.1 Å².